The fourth-order valence-electron chi connectivity index (χ4n) is 3.46. The van der Waals surface area contributed by atoms with E-state index >= 15 is 0 Å². The van der Waals surface area contributed by atoms with Crippen molar-refractivity contribution < 1.29 is 13.9 Å². The smallest absolute Gasteiger partial charge is 0.368 e. The molecule has 0 spiro atoms. The molecule has 32 heavy (non-hydrogen) atoms. The first-order valence-corrected chi connectivity index (χ1v) is 9.90. The summed E-state index contributed by atoms with van der Waals surface area (Å²) in [4.78, 5) is 16.5. The summed E-state index contributed by atoms with van der Waals surface area (Å²) >= 11 is 0. The molecular weight excluding hydrogens is 413 g/mol. The molecule has 0 N–H and O–H groups in total. The summed E-state index contributed by atoms with van der Waals surface area (Å²) in [5.74, 6) is 0.871. The van der Waals surface area contributed by atoms with E-state index in [4.69, 9.17) is 9.47 Å². The topological polar surface area (TPSA) is 84.1 Å². The molecule has 0 saturated heterocycles. The molecule has 4 aromatic rings. The average Bonchev–Trinajstić information content (AvgIpc) is 3.12. The van der Waals surface area contributed by atoms with Crippen LogP contribution in [0.1, 0.15) is 16.7 Å². The van der Waals surface area contributed by atoms with Crippen molar-refractivity contribution >= 4 is 0 Å². The van der Waals surface area contributed by atoms with Crippen LogP contribution in [0.15, 0.2) is 53.5 Å². The third kappa shape index (κ3) is 3.96. The Kier molecular flexibility index (Phi) is 5.72. The van der Waals surface area contributed by atoms with Gasteiger partial charge in [-0.2, -0.15) is 9.36 Å². The second kappa shape index (κ2) is 8.62. The molecule has 0 atom stereocenters. The predicted octanol–water partition coefficient (Wildman–Crippen LogP) is 3.37. The Labute approximate surface area is 183 Å². The van der Waals surface area contributed by atoms with Crippen molar-refractivity contribution in [1.29, 1.82) is 0 Å². The average molecular weight is 435 g/mol. The maximum Gasteiger partial charge on any atom is 0.368 e. The zero-order valence-electron chi connectivity index (χ0n) is 18.2. The molecule has 0 aliphatic heterocycles. The van der Waals surface area contributed by atoms with Gasteiger partial charge < -0.3 is 9.47 Å². The van der Waals surface area contributed by atoms with Crippen LogP contribution in [-0.2, 0) is 13.7 Å². The molecule has 8 nitrogen and oxygen atoms in total. The van der Waals surface area contributed by atoms with Gasteiger partial charge in [0.2, 0.25) is 0 Å². The number of methoxy groups -OCH3 is 1. The highest BCUT2D eigenvalue weighted by Crippen LogP contribution is 2.31. The Bertz CT molecular complexity index is 1330. The lowest BCUT2D eigenvalue weighted by atomic mass is 10.0. The first-order valence-electron chi connectivity index (χ1n) is 9.90. The number of rotatable bonds is 6. The molecule has 0 aliphatic rings. The Morgan fingerprint density at radius 1 is 1.03 bits per heavy atom. The van der Waals surface area contributed by atoms with Crippen molar-refractivity contribution in [3.8, 4) is 28.4 Å². The molecule has 0 bridgehead atoms. The van der Waals surface area contributed by atoms with Crippen LogP contribution in [0.5, 0.6) is 11.5 Å². The normalized spacial score (nSPS) is 10.9. The molecule has 2 aromatic carbocycles. The van der Waals surface area contributed by atoms with Gasteiger partial charge in [-0.05, 0) is 71.8 Å². The van der Waals surface area contributed by atoms with Gasteiger partial charge in [0, 0.05) is 12.6 Å². The van der Waals surface area contributed by atoms with Gasteiger partial charge in [0.1, 0.15) is 23.9 Å². The van der Waals surface area contributed by atoms with Crippen molar-refractivity contribution in [2.75, 3.05) is 7.11 Å². The van der Waals surface area contributed by atoms with E-state index in [1.165, 1.54) is 24.0 Å². The molecule has 2 aromatic heterocycles. The maximum atomic E-state index is 13.2. The van der Waals surface area contributed by atoms with Gasteiger partial charge in [-0.3, -0.25) is 4.98 Å². The summed E-state index contributed by atoms with van der Waals surface area (Å²) in [7, 11) is 3.09. The number of aromatic nitrogens is 5. The van der Waals surface area contributed by atoms with Gasteiger partial charge in [0.25, 0.3) is 0 Å². The van der Waals surface area contributed by atoms with E-state index < -0.39 is 0 Å². The number of hydrogen-bond donors (Lipinski definition) is 0. The number of benzene rings is 2. The predicted molar refractivity (Wildman–Crippen MR) is 117 cm³/mol. The number of ether oxygens (including phenoxy) is 2. The molecule has 9 heteroatoms. The van der Waals surface area contributed by atoms with Crippen molar-refractivity contribution in [3.05, 3.63) is 81.7 Å². The summed E-state index contributed by atoms with van der Waals surface area (Å²) < 4.78 is 27.2. The first-order chi connectivity index (χ1) is 15.4. The number of aryl methyl sites for hydroxylation is 3. The number of pyridine rings is 1. The molecule has 0 fully saturated rings. The molecule has 4 rings (SSSR count). The molecule has 0 radical (unpaired) electrons. The van der Waals surface area contributed by atoms with Crippen LogP contribution >= 0.6 is 0 Å². The minimum Gasteiger partial charge on any atom is -0.496 e. The maximum absolute atomic E-state index is 13.2. The molecule has 0 amide bonds. The fraction of sp³-hybridized carbons (Fsp3) is 0.217. The van der Waals surface area contributed by atoms with Crippen LogP contribution in [0.25, 0.3) is 16.9 Å². The third-order valence-electron chi connectivity index (χ3n) is 5.18. The SMILES string of the molecule is COc1cccc(-n2nnn(C)c2=O)c1COc1cc(C)c(-c2ccc(F)cn2)cc1C. The monoisotopic (exact) mass is 435 g/mol. The van der Waals surface area contributed by atoms with E-state index in [1.807, 2.05) is 26.0 Å². The minimum absolute atomic E-state index is 0.150. The largest absolute Gasteiger partial charge is 0.496 e. The zero-order chi connectivity index (χ0) is 22.8. The molecule has 2 heterocycles. The number of nitrogens with zero attached hydrogens (tertiary/aromatic N) is 5. The standard InChI is InChI=1S/C23H22FN5O3/c1-14-11-22(15(2)10-17(14)19-9-8-16(24)12-25-19)32-13-18-20(6-5-7-21(18)31-4)29-23(30)28(3)26-27-29/h5-12H,13H2,1-4H3. The Hall–Kier alpha value is -4.01. The quantitative estimate of drug-likeness (QED) is 0.462. The highest BCUT2D eigenvalue weighted by atomic mass is 19.1. The van der Waals surface area contributed by atoms with Crippen LogP contribution in [0.4, 0.5) is 4.39 Å². The Morgan fingerprint density at radius 3 is 2.50 bits per heavy atom. The number of hydrogen-bond acceptors (Lipinski definition) is 6. The van der Waals surface area contributed by atoms with Gasteiger partial charge in [0.15, 0.2) is 0 Å². The second-order valence-corrected chi connectivity index (χ2v) is 7.34. The van der Waals surface area contributed by atoms with E-state index in [2.05, 4.69) is 15.4 Å². The van der Waals surface area contributed by atoms with Crippen molar-refractivity contribution in [3.63, 3.8) is 0 Å². The van der Waals surface area contributed by atoms with Gasteiger partial charge in [-0.15, -0.1) is 0 Å². The van der Waals surface area contributed by atoms with Crippen molar-refractivity contribution in [2.24, 2.45) is 7.05 Å². The molecule has 164 valence electrons. The van der Waals surface area contributed by atoms with E-state index in [9.17, 15) is 9.18 Å². The van der Waals surface area contributed by atoms with Crippen LogP contribution in [0, 0.1) is 19.7 Å². The van der Waals surface area contributed by atoms with Gasteiger partial charge >= 0.3 is 5.69 Å². The highest BCUT2D eigenvalue weighted by molar-refractivity contribution is 5.66. The lowest BCUT2D eigenvalue weighted by Gasteiger charge is -2.16. The third-order valence-corrected chi connectivity index (χ3v) is 5.18. The molecule has 0 unspecified atom stereocenters. The van der Waals surface area contributed by atoms with E-state index in [0.717, 1.165) is 21.4 Å². The number of halogens is 1. The lowest BCUT2D eigenvalue weighted by molar-refractivity contribution is 0.294. The van der Waals surface area contributed by atoms with Crippen LogP contribution < -0.4 is 15.2 Å². The molecular formula is C23H22FN5O3. The second-order valence-electron chi connectivity index (χ2n) is 7.34. The highest BCUT2D eigenvalue weighted by Gasteiger charge is 2.17. The first kappa shape index (κ1) is 21.2. The summed E-state index contributed by atoms with van der Waals surface area (Å²) in [6, 6.07) is 12.2. The fourth-order valence-corrected chi connectivity index (χ4v) is 3.46. The number of tetrazole rings is 1. The molecule has 0 saturated carbocycles. The van der Waals surface area contributed by atoms with Crippen molar-refractivity contribution in [1.82, 2.24) is 24.8 Å². The van der Waals surface area contributed by atoms with E-state index in [-0.39, 0.29) is 18.1 Å². The van der Waals surface area contributed by atoms with Gasteiger partial charge in [-0.1, -0.05) is 6.07 Å². The Morgan fingerprint density at radius 2 is 1.84 bits per heavy atom. The molecule has 0 aliphatic carbocycles. The zero-order valence-corrected chi connectivity index (χ0v) is 18.2. The van der Waals surface area contributed by atoms with Crippen molar-refractivity contribution in [2.45, 2.75) is 20.5 Å². The summed E-state index contributed by atoms with van der Waals surface area (Å²) in [6.07, 6.45) is 1.20. The summed E-state index contributed by atoms with van der Waals surface area (Å²) in [5, 5.41) is 7.72. The van der Waals surface area contributed by atoms with Crippen LogP contribution in [0.2, 0.25) is 0 Å². The summed E-state index contributed by atoms with van der Waals surface area (Å²) in [6.45, 7) is 4.02. The minimum atomic E-state index is -0.377. The van der Waals surface area contributed by atoms with Gasteiger partial charge in [0.05, 0.1) is 30.3 Å². The van der Waals surface area contributed by atoms with E-state index in [0.29, 0.717) is 28.4 Å². The summed E-state index contributed by atoms with van der Waals surface area (Å²) in [5.41, 5.74) is 4.25. The lowest BCUT2D eigenvalue weighted by Crippen LogP contribution is -2.23. The van der Waals surface area contributed by atoms with Crippen LogP contribution in [-0.4, -0.2) is 31.9 Å². The van der Waals surface area contributed by atoms with Gasteiger partial charge in [-0.25, -0.2) is 9.18 Å². The van der Waals surface area contributed by atoms with Crippen LogP contribution in [0.3, 0.4) is 0 Å². The Balaban J connectivity index is 1.67. The van der Waals surface area contributed by atoms with E-state index in [1.54, 1.807) is 31.4 Å².